The summed E-state index contributed by atoms with van der Waals surface area (Å²) in [5, 5.41) is 0. The Morgan fingerprint density at radius 2 is 2.07 bits per heavy atom. The smallest absolute Gasteiger partial charge is 0.151 e. The molecule has 2 rings (SSSR count). The Morgan fingerprint density at radius 1 is 1.36 bits per heavy atom. The van der Waals surface area contributed by atoms with Crippen LogP contribution in [0.4, 0.5) is 14.5 Å². The molecule has 0 bridgehead atoms. The van der Waals surface area contributed by atoms with Crippen LogP contribution in [-0.2, 0) is 0 Å². The molecule has 0 aliphatic heterocycles. The Kier molecular flexibility index (Phi) is 2.19. The van der Waals surface area contributed by atoms with Gasteiger partial charge in [0.15, 0.2) is 5.82 Å². The standard InChI is InChI=1S/C10H10F2N2/c11-7-3-4-9(8(12)5-7)14-10(13)6-1-2-6/h3-6H,1-2H2,(H2,13,14). The van der Waals surface area contributed by atoms with E-state index in [1.807, 2.05) is 0 Å². The van der Waals surface area contributed by atoms with Gasteiger partial charge in [0.2, 0.25) is 0 Å². The van der Waals surface area contributed by atoms with E-state index in [-0.39, 0.29) is 5.69 Å². The fraction of sp³-hybridized carbons (Fsp3) is 0.300. The highest BCUT2D eigenvalue weighted by molar-refractivity contribution is 5.87. The molecule has 1 fully saturated rings. The number of aliphatic imine (C=N–C) groups is 1. The fourth-order valence-corrected chi connectivity index (χ4v) is 1.18. The molecule has 0 radical (unpaired) electrons. The van der Waals surface area contributed by atoms with Gasteiger partial charge in [0.1, 0.15) is 17.3 Å². The average molecular weight is 196 g/mol. The predicted molar refractivity (Wildman–Crippen MR) is 50.4 cm³/mol. The van der Waals surface area contributed by atoms with E-state index in [1.165, 1.54) is 12.1 Å². The lowest BCUT2D eigenvalue weighted by Gasteiger charge is -1.99. The van der Waals surface area contributed by atoms with E-state index < -0.39 is 11.6 Å². The predicted octanol–water partition coefficient (Wildman–Crippen LogP) is 2.36. The number of nitrogens with two attached hydrogens (primary N) is 1. The van der Waals surface area contributed by atoms with Crippen molar-refractivity contribution in [3.63, 3.8) is 0 Å². The van der Waals surface area contributed by atoms with Gasteiger partial charge in [-0.1, -0.05) is 0 Å². The number of hydrogen-bond donors (Lipinski definition) is 1. The molecule has 0 heterocycles. The third-order valence-corrected chi connectivity index (χ3v) is 2.15. The number of hydrogen-bond acceptors (Lipinski definition) is 1. The molecular weight excluding hydrogens is 186 g/mol. The summed E-state index contributed by atoms with van der Waals surface area (Å²) in [7, 11) is 0. The second kappa shape index (κ2) is 3.36. The zero-order valence-electron chi connectivity index (χ0n) is 7.50. The maximum absolute atomic E-state index is 13.1. The molecule has 0 aromatic heterocycles. The third-order valence-electron chi connectivity index (χ3n) is 2.15. The largest absolute Gasteiger partial charge is 0.387 e. The first-order valence-electron chi connectivity index (χ1n) is 4.46. The summed E-state index contributed by atoms with van der Waals surface area (Å²) < 4.78 is 25.6. The van der Waals surface area contributed by atoms with Gasteiger partial charge in [0, 0.05) is 12.0 Å². The zero-order chi connectivity index (χ0) is 10.1. The number of rotatable bonds is 2. The lowest BCUT2D eigenvalue weighted by atomic mass is 10.3. The van der Waals surface area contributed by atoms with E-state index in [0.717, 1.165) is 18.9 Å². The highest BCUT2D eigenvalue weighted by Gasteiger charge is 2.25. The minimum absolute atomic E-state index is 0.107. The van der Waals surface area contributed by atoms with E-state index in [0.29, 0.717) is 11.8 Å². The molecule has 0 amide bonds. The molecule has 0 unspecified atom stereocenters. The van der Waals surface area contributed by atoms with Crippen molar-refractivity contribution in [2.24, 2.45) is 16.6 Å². The van der Waals surface area contributed by atoms with Gasteiger partial charge in [-0.25, -0.2) is 13.8 Å². The Hall–Kier alpha value is -1.45. The highest BCUT2D eigenvalue weighted by Crippen LogP contribution is 2.30. The number of amidine groups is 1. The summed E-state index contributed by atoms with van der Waals surface area (Å²) in [6.07, 6.45) is 2.02. The Morgan fingerprint density at radius 3 is 2.64 bits per heavy atom. The molecule has 4 heteroatoms. The third kappa shape index (κ3) is 1.89. The van der Waals surface area contributed by atoms with Crippen molar-refractivity contribution in [2.45, 2.75) is 12.8 Å². The summed E-state index contributed by atoms with van der Waals surface area (Å²) in [5.41, 5.74) is 5.71. The van der Waals surface area contributed by atoms with Crippen LogP contribution in [0.15, 0.2) is 23.2 Å². The molecular formula is C10H10F2N2. The topological polar surface area (TPSA) is 38.4 Å². The van der Waals surface area contributed by atoms with Crippen molar-refractivity contribution >= 4 is 11.5 Å². The van der Waals surface area contributed by atoms with Gasteiger partial charge in [0.25, 0.3) is 0 Å². The summed E-state index contributed by atoms with van der Waals surface area (Å²) in [6.45, 7) is 0. The molecule has 1 aromatic rings. The van der Waals surface area contributed by atoms with Crippen LogP contribution in [0.5, 0.6) is 0 Å². The summed E-state index contributed by atoms with van der Waals surface area (Å²) in [4.78, 5) is 3.91. The van der Waals surface area contributed by atoms with E-state index in [1.54, 1.807) is 0 Å². The minimum Gasteiger partial charge on any atom is -0.387 e. The average Bonchev–Trinajstić information content (AvgIpc) is 2.92. The second-order valence-electron chi connectivity index (χ2n) is 3.41. The first-order chi connectivity index (χ1) is 6.66. The normalized spacial score (nSPS) is 17.1. The Balaban J connectivity index is 2.27. The van der Waals surface area contributed by atoms with Crippen molar-refractivity contribution in [2.75, 3.05) is 0 Å². The molecule has 14 heavy (non-hydrogen) atoms. The van der Waals surface area contributed by atoms with Crippen molar-refractivity contribution in [3.05, 3.63) is 29.8 Å². The molecule has 1 aliphatic rings. The van der Waals surface area contributed by atoms with Crippen LogP contribution in [0.1, 0.15) is 12.8 Å². The first-order valence-corrected chi connectivity index (χ1v) is 4.46. The summed E-state index contributed by atoms with van der Waals surface area (Å²) in [6, 6.07) is 3.26. The van der Waals surface area contributed by atoms with Crippen LogP contribution in [0.25, 0.3) is 0 Å². The lowest BCUT2D eigenvalue weighted by molar-refractivity contribution is 0.585. The van der Waals surface area contributed by atoms with Crippen LogP contribution in [-0.4, -0.2) is 5.84 Å². The zero-order valence-corrected chi connectivity index (χ0v) is 7.50. The number of benzene rings is 1. The molecule has 0 spiro atoms. The van der Waals surface area contributed by atoms with Crippen molar-refractivity contribution < 1.29 is 8.78 Å². The summed E-state index contributed by atoms with van der Waals surface area (Å²) >= 11 is 0. The van der Waals surface area contributed by atoms with Crippen LogP contribution in [0, 0.1) is 17.6 Å². The quantitative estimate of drug-likeness (QED) is 0.572. The van der Waals surface area contributed by atoms with Crippen molar-refractivity contribution in [1.82, 2.24) is 0 Å². The van der Waals surface area contributed by atoms with Crippen LogP contribution >= 0.6 is 0 Å². The van der Waals surface area contributed by atoms with E-state index in [4.69, 9.17) is 5.73 Å². The molecule has 1 saturated carbocycles. The molecule has 0 saturated heterocycles. The SMILES string of the molecule is NC(=Nc1ccc(F)cc1F)C1CC1. The van der Waals surface area contributed by atoms with Crippen LogP contribution < -0.4 is 5.73 Å². The van der Waals surface area contributed by atoms with Gasteiger partial charge < -0.3 is 5.73 Å². The van der Waals surface area contributed by atoms with Gasteiger partial charge in [-0.3, -0.25) is 0 Å². The monoisotopic (exact) mass is 196 g/mol. The van der Waals surface area contributed by atoms with E-state index >= 15 is 0 Å². The Bertz CT molecular complexity index is 384. The molecule has 2 N–H and O–H groups in total. The van der Waals surface area contributed by atoms with Gasteiger partial charge in [-0.05, 0) is 25.0 Å². The van der Waals surface area contributed by atoms with Crippen LogP contribution in [0.2, 0.25) is 0 Å². The minimum atomic E-state index is -0.673. The van der Waals surface area contributed by atoms with E-state index in [9.17, 15) is 8.78 Å². The fourth-order valence-electron chi connectivity index (χ4n) is 1.18. The van der Waals surface area contributed by atoms with Crippen molar-refractivity contribution in [3.8, 4) is 0 Å². The molecule has 74 valence electrons. The maximum atomic E-state index is 13.1. The molecule has 1 aliphatic carbocycles. The van der Waals surface area contributed by atoms with Gasteiger partial charge >= 0.3 is 0 Å². The second-order valence-corrected chi connectivity index (χ2v) is 3.41. The summed E-state index contributed by atoms with van der Waals surface area (Å²) in [5.74, 6) is -0.546. The Labute approximate surface area is 80.5 Å². The maximum Gasteiger partial charge on any atom is 0.151 e. The lowest BCUT2D eigenvalue weighted by Crippen LogP contribution is -2.13. The van der Waals surface area contributed by atoms with E-state index in [2.05, 4.69) is 4.99 Å². The van der Waals surface area contributed by atoms with Gasteiger partial charge in [0.05, 0.1) is 0 Å². The first kappa shape index (κ1) is 9.12. The van der Waals surface area contributed by atoms with Gasteiger partial charge in [-0.2, -0.15) is 0 Å². The number of nitrogens with zero attached hydrogens (tertiary/aromatic N) is 1. The number of halogens is 2. The van der Waals surface area contributed by atoms with Gasteiger partial charge in [-0.15, -0.1) is 0 Å². The molecule has 0 atom stereocenters. The van der Waals surface area contributed by atoms with Crippen LogP contribution in [0.3, 0.4) is 0 Å². The van der Waals surface area contributed by atoms with Crippen molar-refractivity contribution in [1.29, 1.82) is 0 Å². The molecule has 1 aromatic carbocycles. The highest BCUT2D eigenvalue weighted by atomic mass is 19.1. The molecule has 2 nitrogen and oxygen atoms in total.